The van der Waals surface area contributed by atoms with Crippen molar-refractivity contribution in [2.45, 2.75) is 25.0 Å². The molecule has 20 heavy (non-hydrogen) atoms. The van der Waals surface area contributed by atoms with Crippen molar-refractivity contribution in [1.82, 2.24) is 4.90 Å². The molecular formula is C15H17NO4. The SMILES string of the molecule is C=C[C@H]1[C@@H](C(=O)O)C[C@H](C(=O)O)N1Cc1ccccc1. The standard InChI is InChI=1S/C15H17NO4/c1-2-12-11(14(17)18)8-13(15(19)20)16(12)9-10-6-4-3-5-7-10/h2-7,11-13H,1,8-9H2,(H,17,18)(H,19,20)/t11-,12-,13+/m0/s1. The van der Waals surface area contributed by atoms with E-state index < -0.39 is 29.9 Å². The van der Waals surface area contributed by atoms with Gasteiger partial charge in [-0.2, -0.15) is 0 Å². The van der Waals surface area contributed by atoms with Gasteiger partial charge in [0.05, 0.1) is 5.92 Å². The minimum atomic E-state index is -0.989. The van der Waals surface area contributed by atoms with Crippen LogP contribution < -0.4 is 0 Å². The lowest BCUT2D eigenvalue weighted by atomic mass is 9.99. The van der Waals surface area contributed by atoms with E-state index in [-0.39, 0.29) is 6.42 Å². The second-order valence-corrected chi connectivity index (χ2v) is 4.92. The Hall–Kier alpha value is -2.14. The molecule has 0 bridgehead atoms. The summed E-state index contributed by atoms with van der Waals surface area (Å²) >= 11 is 0. The number of carbonyl (C=O) groups is 2. The fraction of sp³-hybridized carbons (Fsp3) is 0.333. The summed E-state index contributed by atoms with van der Waals surface area (Å²) in [5.41, 5.74) is 0.955. The largest absolute Gasteiger partial charge is 0.481 e. The smallest absolute Gasteiger partial charge is 0.320 e. The third kappa shape index (κ3) is 2.72. The van der Waals surface area contributed by atoms with Gasteiger partial charge in [0.25, 0.3) is 0 Å². The summed E-state index contributed by atoms with van der Waals surface area (Å²) in [4.78, 5) is 24.3. The molecule has 0 aliphatic carbocycles. The first-order valence-corrected chi connectivity index (χ1v) is 6.42. The van der Waals surface area contributed by atoms with Gasteiger partial charge >= 0.3 is 11.9 Å². The minimum Gasteiger partial charge on any atom is -0.481 e. The van der Waals surface area contributed by atoms with Crippen LogP contribution in [-0.4, -0.2) is 39.1 Å². The average molecular weight is 275 g/mol. The van der Waals surface area contributed by atoms with Gasteiger partial charge in [-0.15, -0.1) is 6.58 Å². The molecule has 1 aliphatic rings. The normalized spacial score (nSPS) is 26.3. The molecule has 106 valence electrons. The van der Waals surface area contributed by atoms with E-state index in [4.69, 9.17) is 0 Å². The first-order chi connectivity index (χ1) is 9.54. The Morgan fingerprint density at radius 3 is 2.40 bits per heavy atom. The van der Waals surface area contributed by atoms with Gasteiger partial charge in [-0.05, 0) is 12.0 Å². The highest BCUT2D eigenvalue weighted by molar-refractivity contribution is 5.78. The van der Waals surface area contributed by atoms with Gasteiger partial charge in [0.1, 0.15) is 6.04 Å². The van der Waals surface area contributed by atoms with E-state index >= 15 is 0 Å². The quantitative estimate of drug-likeness (QED) is 0.798. The Kier molecular flexibility index (Phi) is 4.20. The second-order valence-electron chi connectivity index (χ2n) is 4.92. The van der Waals surface area contributed by atoms with Gasteiger partial charge in [-0.25, -0.2) is 0 Å². The van der Waals surface area contributed by atoms with Crippen molar-refractivity contribution in [2.24, 2.45) is 5.92 Å². The lowest BCUT2D eigenvalue weighted by Gasteiger charge is -2.27. The summed E-state index contributed by atoms with van der Waals surface area (Å²) in [5.74, 6) is -2.69. The van der Waals surface area contributed by atoms with Crippen LogP contribution in [0.5, 0.6) is 0 Å². The Morgan fingerprint density at radius 2 is 1.90 bits per heavy atom. The Labute approximate surface area is 117 Å². The number of likely N-dealkylation sites (tertiary alicyclic amines) is 1. The van der Waals surface area contributed by atoms with Gasteiger partial charge in [-0.3, -0.25) is 14.5 Å². The average Bonchev–Trinajstić information content (AvgIpc) is 2.78. The van der Waals surface area contributed by atoms with Gasteiger partial charge in [0.15, 0.2) is 0 Å². The van der Waals surface area contributed by atoms with Crippen LogP contribution in [0.25, 0.3) is 0 Å². The van der Waals surface area contributed by atoms with E-state index in [2.05, 4.69) is 6.58 Å². The molecule has 0 unspecified atom stereocenters. The predicted octanol–water partition coefficient (Wildman–Crippen LogP) is 1.60. The van der Waals surface area contributed by atoms with Gasteiger partial charge in [0, 0.05) is 12.6 Å². The number of carboxylic acids is 2. The Balaban J connectivity index is 2.27. The van der Waals surface area contributed by atoms with Crippen molar-refractivity contribution in [1.29, 1.82) is 0 Å². The predicted molar refractivity (Wildman–Crippen MR) is 73.1 cm³/mol. The zero-order valence-electron chi connectivity index (χ0n) is 11.0. The van der Waals surface area contributed by atoms with Crippen molar-refractivity contribution in [3.8, 4) is 0 Å². The van der Waals surface area contributed by atoms with E-state index in [9.17, 15) is 19.8 Å². The van der Waals surface area contributed by atoms with Crippen molar-refractivity contribution in [3.63, 3.8) is 0 Å². The summed E-state index contributed by atoms with van der Waals surface area (Å²) in [6.07, 6.45) is 1.64. The molecule has 1 fully saturated rings. The van der Waals surface area contributed by atoms with Crippen LogP contribution in [0.4, 0.5) is 0 Å². The maximum Gasteiger partial charge on any atom is 0.320 e. The molecule has 3 atom stereocenters. The number of nitrogens with zero attached hydrogens (tertiary/aromatic N) is 1. The molecule has 1 aromatic rings. The Bertz CT molecular complexity index is 514. The minimum absolute atomic E-state index is 0.105. The number of benzene rings is 1. The molecule has 1 saturated heterocycles. The van der Waals surface area contributed by atoms with Crippen LogP contribution in [0.15, 0.2) is 43.0 Å². The summed E-state index contributed by atoms with van der Waals surface area (Å²) in [7, 11) is 0. The third-order valence-corrected chi connectivity index (χ3v) is 3.72. The molecule has 2 N–H and O–H groups in total. The lowest BCUT2D eigenvalue weighted by molar-refractivity contribution is -0.142. The van der Waals surface area contributed by atoms with Gasteiger partial charge < -0.3 is 10.2 Å². The summed E-state index contributed by atoms with van der Waals surface area (Å²) in [6.45, 7) is 4.06. The zero-order valence-corrected chi connectivity index (χ0v) is 11.0. The van der Waals surface area contributed by atoms with Crippen molar-refractivity contribution in [3.05, 3.63) is 48.6 Å². The molecule has 5 nitrogen and oxygen atoms in total. The van der Waals surface area contributed by atoms with Crippen LogP contribution in [0.1, 0.15) is 12.0 Å². The van der Waals surface area contributed by atoms with Crippen LogP contribution in [0.2, 0.25) is 0 Å². The van der Waals surface area contributed by atoms with E-state index in [0.717, 1.165) is 5.56 Å². The van der Waals surface area contributed by atoms with E-state index in [1.165, 1.54) is 6.08 Å². The fourth-order valence-corrected chi connectivity index (χ4v) is 2.75. The number of aliphatic carboxylic acids is 2. The topological polar surface area (TPSA) is 77.8 Å². The maximum absolute atomic E-state index is 11.4. The maximum atomic E-state index is 11.4. The molecule has 0 radical (unpaired) electrons. The van der Waals surface area contributed by atoms with Crippen molar-refractivity contribution >= 4 is 11.9 Å². The lowest BCUT2D eigenvalue weighted by Crippen LogP contribution is -2.40. The van der Waals surface area contributed by atoms with Crippen LogP contribution in [-0.2, 0) is 16.1 Å². The van der Waals surface area contributed by atoms with Gasteiger partial charge in [0.2, 0.25) is 0 Å². The molecule has 0 amide bonds. The molecule has 0 aromatic heterocycles. The number of rotatable bonds is 5. The van der Waals surface area contributed by atoms with Crippen LogP contribution in [0, 0.1) is 5.92 Å². The number of hydrogen-bond donors (Lipinski definition) is 2. The highest BCUT2D eigenvalue weighted by Gasteiger charge is 2.46. The van der Waals surface area contributed by atoms with E-state index in [1.807, 2.05) is 30.3 Å². The summed E-state index contributed by atoms with van der Waals surface area (Å²) < 4.78 is 0. The monoisotopic (exact) mass is 275 g/mol. The fourth-order valence-electron chi connectivity index (χ4n) is 2.75. The molecule has 0 saturated carbocycles. The number of hydrogen-bond acceptors (Lipinski definition) is 3. The highest BCUT2D eigenvalue weighted by atomic mass is 16.4. The second kappa shape index (κ2) is 5.88. The molecule has 2 rings (SSSR count). The summed E-state index contributed by atoms with van der Waals surface area (Å²) in [5, 5.41) is 18.5. The molecule has 1 aliphatic heterocycles. The van der Waals surface area contributed by atoms with Crippen LogP contribution >= 0.6 is 0 Å². The Morgan fingerprint density at radius 1 is 1.25 bits per heavy atom. The summed E-state index contributed by atoms with van der Waals surface area (Å²) in [6, 6.07) is 8.17. The molecule has 1 heterocycles. The van der Waals surface area contributed by atoms with E-state index in [0.29, 0.717) is 6.54 Å². The van der Waals surface area contributed by atoms with E-state index in [1.54, 1.807) is 4.90 Å². The highest BCUT2D eigenvalue weighted by Crippen LogP contribution is 2.32. The first-order valence-electron chi connectivity index (χ1n) is 6.42. The molecule has 0 spiro atoms. The van der Waals surface area contributed by atoms with Crippen molar-refractivity contribution in [2.75, 3.05) is 0 Å². The molecular weight excluding hydrogens is 258 g/mol. The number of carboxylic acid groups (broad SMARTS) is 2. The molecule has 1 aromatic carbocycles. The zero-order chi connectivity index (χ0) is 14.7. The van der Waals surface area contributed by atoms with Gasteiger partial charge in [-0.1, -0.05) is 36.4 Å². The molecule has 5 heteroatoms. The van der Waals surface area contributed by atoms with Crippen LogP contribution in [0.3, 0.4) is 0 Å². The van der Waals surface area contributed by atoms with Crippen molar-refractivity contribution < 1.29 is 19.8 Å². The third-order valence-electron chi connectivity index (χ3n) is 3.72. The first kappa shape index (κ1) is 14.3.